The third kappa shape index (κ3) is 4.71. The minimum absolute atomic E-state index is 0.163. The third-order valence-corrected chi connectivity index (χ3v) is 4.62. The van der Waals surface area contributed by atoms with Crippen molar-refractivity contribution in [2.75, 3.05) is 38.6 Å². The Labute approximate surface area is 160 Å². The van der Waals surface area contributed by atoms with E-state index in [1.165, 1.54) is 5.56 Å². The first-order valence-electron chi connectivity index (χ1n) is 9.36. The fourth-order valence-corrected chi connectivity index (χ4v) is 3.25. The van der Waals surface area contributed by atoms with Gasteiger partial charge in [-0.2, -0.15) is 0 Å². The van der Waals surface area contributed by atoms with Crippen molar-refractivity contribution in [2.45, 2.75) is 19.3 Å². The van der Waals surface area contributed by atoms with E-state index in [0.29, 0.717) is 18.8 Å². The number of anilines is 1. The average Bonchev–Trinajstić information content (AvgIpc) is 2.70. The third-order valence-electron chi connectivity index (χ3n) is 4.62. The number of amides is 2. The second kappa shape index (κ2) is 8.77. The van der Waals surface area contributed by atoms with Crippen LogP contribution in [0.4, 0.5) is 5.69 Å². The van der Waals surface area contributed by atoms with Crippen LogP contribution in [-0.4, -0.2) is 55.4 Å². The Morgan fingerprint density at radius 1 is 1.11 bits per heavy atom. The molecule has 1 N–H and O–H groups in total. The van der Waals surface area contributed by atoms with Gasteiger partial charge in [-0.25, -0.2) is 4.98 Å². The van der Waals surface area contributed by atoms with Crippen LogP contribution >= 0.6 is 0 Å². The molecule has 1 aliphatic rings. The quantitative estimate of drug-likeness (QED) is 0.797. The highest BCUT2D eigenvalue weighted by Gasteiger charge is 2.24. The molecular weight excluding hydrogens is 340 g/mol. The van der Waals surface area contributed by atoms with Crippen molar-refractivity contribution in [3.05, 3.63) is 59.4 Å². The number of para-hydroxylation sites is 1. The molecule has 0 atom stereocenters. The Morgan fingerprint density at radius 2 is 1.89 bits per heavy atom. The number of hydrogen-bond acceptors (Lipinski definition) is 4. The van der Waals surface area contributed by atoms with Gasteiger partial charge in [-0.1, -0.05) is 24.3 Å². The zero-order chi connectivity index (χ0) is 19.2. The Hall–Kier alpha value is -2.73. The molecule has 3 rings (SSSR count). The average molecular weight is 366 g/mol. The van der Waals surface area contributed by atoms with Gasteiger partial charge in [0.25, 0.3) is 11.8 Å². The summed E-state index contributed by atoms with van der Waals surface area (Å²) in [6.07, 6.45) is 2.76. The minimum Gasteiger partial charge on any atom is -0.351 e. The van der Waals surface area contributed by atoms with E-state index >= 15 is 0 Å². The van der Waals surface area contributed by atoms with Crippen molar-refractivity contribution in [1.29, 1.82) is 0 Å². The van der Waals surface area contributed by atoms with Crippen molar-refractivity contribution in [3.63, 3.8) is 0 Å². The smallest absolute Gasteiger partial charge is 0.276 e. The zero-order valence-corrected chi connectivity index (χ0v) is 15.9. The van der Waals surface area contributed by atoms with Gasteiger partial charge in [0.2, 0.25) is 0 Å². The van der Waals surface area contributed by atoms with Crippen LogP contribution < -0.4 is 10.2 Å². The lowest BCUT2D eigenvalue weighted by molar-refractivity contribution is 0.0947. The van der Waals surface area contributed by atoms with E-state index in [1.807, 2.05) is 32.3 Å². The Morgan fingerprint density at radius 3 is 2.70 bits per heavy atom. The second-order valence-corrected chi connectivity index (χ2v) is 7.01. The highest BCUT2D eigenvalue weighted by molar-refractivity contribution is 6.06. The predicted molar refractivity (Wildman–Crippen MR) is 106 cm³/mol. The second-order valence-electron chi connectivity index (χ2n) is 7.01. The molecule has 0 spiro atoms. The maximum atomic E-state index is 13.0. The van der Waals surface area contributed by atoms with Crippen LogP contribution in [-0.2, 0) is 6.42 Å². The molecule has 0 saturated carbocycles. The summed E-state index contributed by atoms with van der Waals surface area (Å²) in [5.74, 6) is -0.410. The van der Waals surface area contributed by atoms with Gasteiger partial charge < -0.3 is 15.1 Å². The SMILES string of the molecule is CN(C)CCCNC(=O)c1cccc(C(=O)N2CCCc3ccccc32)n1. The number of aromatic nitrogens is 1. The van der Waals surface area contributed by atoms with Crippen LogP contribution in [0, 0.1) is 0 Å². The molecule has 0 aliphatic carbocycles. The number of nitrogens with one attached hydrogen (secondary N) is 1. The minimum atomic E-state index is -0.248. The van der Waals surface area contributed by atoms with Crippen molar-refractivity contribution in [3.8, 4) is 0 Å². The monoisotopic (exact) mass is 366 g/mol. The number of nitrogens with zero attached hydrogens (tertiary/aromatic N) is 3. The van der Waals surface area contributed by atoms with Crippen LogP contribution in [0.25, 0.3) is 0 Å². The van der Waals surface area contributed by atoms with E-state index in [4.69, 9.17) is 0 Å². The maximum Gasteiger partial charge on any atom is 0.276 e. The summed E-state index contributed by atoms with van der Waals surface area (Å²) in [5.41, 5.74) is 2.68. The normalized spacial score (nSPS) is 13.4. The number of rotatable bonds is 6. The standard InChI is InChI=1S/C21H26N4O2/c1-24(2)14-7-13-22-20(26)17-10-5-11-18(23-17)21(27)25-15-6-9-16-8-3-4-12-19(16)25/h3-5,8,10-12H,6-7,9,13-15H2,1-2H3,(H,22,26). The lowest BCUT2D eigenvalue weighted by Crippen LogP contribution is -2.36. The number of fused-ring (bicyclic) bond motifs is 1. The van der Waals surface area contributed by atoms with Gasteiger partial charge in [0.1, 0.15) is 11.4 Å². The molecule has 142 valence electrons. The molecule has 1 aromatic carbocycles. The molecule has 1 aliphatic heterocycles. The Kier molecular flexibility index (Phi) is 6.19. The van der Waals surface area contributed by atoms with E-state index in [0.717, 1.165) is 31.5 Å². The summed E-state index contributed by atoms with van der Waals surface area (Å²) in [4.78, 5) is 33.5. The van der Waals surface area contributed by atoms with Gasteiger partial charge >= 0.3 is 0 Å². The van der Waals surface area contributed by atoms with Crippen molar-refractivity contribution in [2.24, 2.45) is 0 Å². The molecule has 0 unspecified atom stereocenters. The lowest BCUT2D eigenvalue weighted by atomic mass is 10.0. The van der Waals surface area contributed by atoms with Gasteiger partial charge in [-0.05, 0) is 63.7 Å². The summed E-state index contributed by atoms with van der Waals surface area (Å²) in [6, 6.07) is 13.0. The molecule has 0 saturated heterocycles. The Balaban J connectivity index is 1.70. The van der Waals surface area contributed by atoms with Gasteiger partial charge in [0.15, 0.2) is 0 Å². The Bertz CT molecular complexity index is 819. The molecule has 0 bridgehead atoms. The number of carbonyl (C=O) groups excluding carboxylic acids is 2. The molecule has 6 nitrogen and oxygen atoms in total. The van der Waals surface area contributed by atoms with Crippen LogP contribution in [0.2, 0.25) is 0 Å². The van der Waals surface area contributed by atoms with Crippen molar-refractivity contribution in [1.82, 2.24) is 15.2 Å². The van der Waals surface area contributed by atoms with Crippen molar-refractivity contribution < 1.29 is 9.59 Å². The van der Waals surface area contributed by atoms with Gasteiger partial charge in [-0.15, -0.1) is 0 Å². The molecule has 2 heterocycles. The number of benzene rings is 1. The first kappa shape index (κ1) is 19.0. The molecule has 1 aromatic heterocycles. The maximum absolute atomic E-state index is 13.0. The van der Waals surface area contributed by atoms with Crippen LogP contribution in [0.3, 0.4) is 0 Å². The topological polar surface area (TPSA) is 65.5 Å². The van der Waals surface area contributed by atoms with E-state index in [2.05, 4.69) is 21.3 Å². The van der Waals surface area contributed by atoms with Crippen LogP contribution in [0.5, 0.6) is 0 Å². The van der Waals surface area contributed by atoms with Crippen LogP contribution in [0.15, 0.2) is 42.5 Å². The van der Waals surface area contributed by atoms with E-state index in [1.54, 1.807) is 23.1 Å². The largest absolute Gasteiger partial charge is 0.351 e. The summed E-state index contributed by atoms with van der Waals surface area (Å²) in [6.45, 7) is 2.15. The van der Waals surface area contributed by atoms with Gasteiger partial charge in [0.05, 0.1) is 0 Å². The molecule has 2 amide bonds. The summed E-state index contributed by atoms with van der Waals surface area (Å²) < 4.78 is 0. The molecule has 0 fully saturated rings. The molecular formula is C21H26N4O2. The van der Waals surface area contributed by atoms with Crippen molar-refractivity contribution >= 4 is 17.5 Å². The van der Waals surface area contributed by atoms with Gasteiger partial charge in [0, 0.05) is 18.8 Å². The predicted octanol–water partition coefficient (Wildman–Crippen LogP) is 2.36. The van der Waals surface area contributed by atoms with E-state index in [9.17, 15) is 9.59 Å². The lowest BCUT2D eigenvalue weighted by Gasteiger charge is -2.29. The summed E-state index contributed by atoms with van der Waals surface area (Å²) >= 11 is 0. The number of pyridine rings is 1. The highest BCUT2D eigenvalue weighted by atomic mass is 16.2. The zero-order valence-electron chi connectivity index (χ0n) is 15.9. The summed E-state index contributed by atoms with van der Waals surface area (Å²) in [5, 5.41) is 2.86. The van der Waals surface area contributed by atoms with Gasteiger partial charge in [-0.3, -0.25) is 9.59 Å². The molecule has 0 radical (unpaired) electrons. The first-order chi connectivity index (χ1) is 13.1. The first-order valence-corrected chi connectivity index (χ1v) is 9.36. The molecule has 27 heavy (non-hydrogen) atoms. The fraction of sp³-hybridized carbons (Fsp3) is 0.381. The number of aryl methyl sites for hydroxylation is 1. The van der Waals surface area contributed by atoms with E-state index < -0.39 is 0 Å². The number of hydrogen-bond donors (Lipinski definition) is 1. The number of carbonyl (C=O) groups is 2. The molecule has 6 heteroatoms. The summed E-state index contributed by atoms with van der Waals surface area (Å²) in [7, 11) is 3.99. The molecule has 2 aromatic rings. The van der Waals surface area contributed by atoms with Crippen LogP contribution in [0.1, 0.15) is 39.4 Å². The fourth-order valence-electron chi connectivity index (χ4n) is 3.25. The van der Waals surface area contributed by atoms with E-state index in [-0.39, 0.29) is 17.5 Å². The highest BCUT2D eigenvalue weighted by Crippen LogP contribution is 2.27.